The van der Waals surface area contributed by atoms with Crippen molar-refractivity contribution in [3.05, 3.63) is 0 Å². The van der Waals surface area contributed by atoms with Crippen molar-refractivity contribution in [2.24, 2.45) is 0 Å². The Labute approximate surface area is 68.7 Å². The number of hydrogen-bond acceptors (Lipinski definition) is 3. The monoisotopic (exact) mass is 158 g/mol. The summed E-state index contributed by atoms with van der Waals surface area (Å²) in [6.07, 6.45) is 0.443. The van der Waals surface area contributed by atoms with E-state index in [4.69, 9.17) is 4.74 Å². The van der Waals surface area contributed by atoms with E-state index in [1.165, 1.54) is 0 Å². The van der Waals surface area contributed by atoms with Gasteiger partial charge in [0.15, 0.2) is 0 Å². The minimum atomic E-state index is 0.443. The van der Waals surface area contributed by atoms with Crippen LogP contribution in [0.2, 0.25) is 0 Å². The third-order valence-corrected chi connectivity index (χ3v) is 2.16. The van der Waals surface area contributed by atoms with Crippen LogP contribution in [0, 0.1) is 0 Å². The molecule has 1 unspecified atom stereocenters. The van der Waals surface area contributed by atoms with E-state index in [2.05, 4.69) is 24.1 Å². The lowest BCUT2D eigenvalue weighted by atomic mass is 10.3. The Balaban J connectivity index is 2.30. The average Bonchev–Trinajstić information content (AvgIpc) is 2.09. The fourth-order valence-electron chi connectivity index (χ4n) is 1.45. The average molecular weight is 158 g/mol. The third kappa shape index (κ3) is 2.43. The normalized spacial score (nSPS) is 25.9. The second-order valence-corrected chi connectivity index (χ2v) is 2.77. The summed E-state index contributed by atoms with van der Waals surface area (Å²) in [6.45, 7) is 9.23. The predicted molar refractivity (Wildman–Crippen MR) is 45.5 cm³/mol. The standard InChI is InChI=1S/C8H18N2O/c1-3-10(4-2)8-7-11-6-5-9-8/h8-9H,3-7H2,1-2H3. The topological polar surface area (TPSA) is 24.5 Å². The van der Waals surface area contributed by atoms with E-state index >= 15 is 0 Å². The lowest BCUT2D eigenvalue weighted by molar-refractivity contribution is 0.0131. The summed E-state index contributed by atoms with van der Waals surface area (Å²) in [7, 11) is 0. The SMILES string of the molecule is CCN(CC)C1COCCN1. The first-order chi connectivity index (χ1) is 5.38. The second-order valence-electron chi connectivity index (χ2n) is 2.77. The van der Waals surface area contributed by atoms with Crippen LogP contribution < -0.4 is 5.32 Å². The smallest absolute Gasteiger partial charge is 0.0839 e. The van der Waals surface area contributed by atoms with Gasteiger partial charge in [0.05, 0.1) is 19.4 Å². The fourth-order valence-corrected chi connectivity index (χ4v) is 1.45. The predicted octanol–water partition coefficient (Wildman–Crippen LogP) is 0.274. The van der Waals surface area contributed by atoms with E-state index in [0.717, 1.165) is 32.8 Å². The molecule has 66 valence electrons. The highest BCUT2D eigenvalue weighted by Crippen LogP contribution is 1.99. The molecule has 1 atom stereocenters. The zero-order valence-electron chi connectivity index (χ0n) is 7.47. The van der Waals surface area contributed by atoms with E-state index in [-0.39, 0.29) is 0 Å². The summed E-state index contributed by atoms with van der Waals surface area (Å²) in [5, 5.41) is 3.42. The first kappa shape index (κ1) is 8.97. The molecule has 0 spiro atoms. The third-order valence-electron chi connectivity index (χ3n) is 2.16. The van der Waals surface area contributed by atoms with E-state index in [0.29, 0.717) is 6.17 Å². The van der Waals surface area contributed by atoms with Gasteiger partial charge in [-0.1, -0.05) is 13.8 Å². The highest BCUT2D eigenvalue weighted by Gasteiger charge is 2.17. The quantitative estimate of drug-likeness (QED) is 0.638. The lowest BCUT2D eigenvalue weighted by Crippen LogP contribution is -2.52. The number of likely N-dealkylation sites (N-methyl/N-ethyl adjacent to an activating group) is 1. The maximum Gasteiger partial charge on any atom is 0.0839 e. The van der Waals surface area contributed by atoms with E-state index < -0.39 is 0 Å². The van der Waals surface area contributed by atoms with Gasteiger partial charge >= 0.3 is 0 Å². The summed E-state index contributed by atoms with van der Waals surface area (Å²) < 4.78 is 5.36. The van der Waals surface area contributed by atoms with E-state index in [1.807, 2.05) is 0 Å². The zero-order valence-corrected chi connectivity index (χ0v) is 7.47. The van der Waals surface area contributed by atoms with Gasteiger partial charge in [0.1, 0.15) is 0 Å². The minimum Gasteiger partial charge on any atom is -0.377 e. The molecule has 0 aliphatic carbocycles. The van der Waals surface area contributed by atoms with Gasteiger partial charge in [-0.3, -0.25) is 10.2 Å². The highest BCUT2D eigenvalue weighted by molar-refractivity contribution is 4.70. The van der Waals surface area contributed by atoms with Gasteiger partial charge in [-0.15, -0.1) is 0 Å². The molecule has 0 saturated carbocycles. The van der Waals surface area contributed by atoms with Crippen molar-refractivity contribution in [2.45, 2.75) is 20.0 Å². The zero-order chi connectivity index (χ0) is 8.10. The molecule has 1 saturated heterocycles. The molecule has 1 heterocycles. The molecule has 1 aliphatic heterocycles. The Morgan fingerprint density at radius 3 is 2.64 bits per heavy atom. The number of rotatable bonds is 3. The lowest BCUT2D eigenvalue weighted by Gasteiger charge is -2.33. The Morgan fingerprint density at radius 1 is 1.45 bits per heavy atom. The van der Waals surface area contributed by atoms with Crippen LogP contribution >= 0.6 is 0 Å². The van der Waals surface area contributed by atoms with Crippen LogP contribution in [0.1, 0.15) is 13.8 Å². The Hall–Kier alpha value is -0.120. The minimum absolute atomic E-state index is 0.443. The van der Waals surface area contributed by atoms with Crippen molar-refractivity contribution in [1.82, 2.24) is 10.2 Å². The van der Waals surface area contributed by atoms with Crippen LogP contribution in [0.4, 0.5) is 0 Å². The van der Waals surface area contributed by atoms with Gasteiger partial charge in [0, 0.05) is 6.54 Å². The molecule has 1 aliphatic rings. The first-order valence-electron chi connectivity index (χ1n) is 4.43. The summed E-state index contributed by atoms with van der Waals surface area (Å²) in [4.78, 5) is 2.37. The molecule has 0 aromatic heterocycles. The molecule has 1 N–H and O–H groups in total. The van der Waals surface area contributed by atoms with Crippen molar-refractivity contribution in [3.8, 4) is 0 Å². The van der Waals surface area contributed by atoms with Crippen molar-refractivity contribution in [1.29, 1.82) is 0 Å². The van der Waals surface area contributed by atoms with Gasteiger partial charge in [-0.2, -0.15) is 0 Å². The molecule has 0 bridgehead atoms. The Bertz CT molecular complexity index is 98.3. The summed E-state index contributed by atoms with van der Waals surface area (Å²) >= 11 is 0. The van der Waals surface area contributed by atoms with Crippen LogP contribution in [-0.2, 0) is 4.74 Å². The van der Waals surface area contributed by atoms with Crippen molar-refractivity contribution >= 4 is 0 Å². The van der Waals surface area contributed by atoms with Crippen molar-refractivity contribution < 1.29 is 4.74 Å². The largest absolute Gasteiger partial charge is 0.377 e. The Morgan fingerprint density at radius 2 is 2.18 bits per heavy atom. The molecule has 1 rings (SSSR count). The first-order valence-corrected chi connectivity index (χ1v) is 4.43. The van der Waals surface area contributed by atoms with Crippen molar-refractivity contribution in [3.63, 3.8) is 0 Å². The molecular weight excluding hydrogens is 140 g/mol. The molecule has 0 amide bonds. The van der Waals surface area contributed by atoms with Gasteiger partial charge in [0.25, 0.3) is 0 Å². The molecule has 0 aromatic carbocycles. The molecule has 0 radical (unpaired) electrons. The van der Waals surface area contributed by atoms with Crippen LogP contribution in [0.25, 0.3) is 0 Å². The van der Waals surface area contributed by atoms with Crippen LogP contribution in [0.3, 0.4) is 0 Å². The number of nitrogens with zero attached hydrogens (tertiary/aromatic N) is 1. The molecular formula is C8H18N2O. The summed E-state index contributed by atoms with van der Waals surface area (Å²) in [5.41, 5.74) is 0. The van der Waals surface area contributed by atoms with Gasteiger partial charge < -0.3 is 4.74 Å². The molecule has 11 heavy (non-hydrogen) atoms. The second kappa shape index (κ2) is 4.70. The van der Waals surface area contributed by atoms with Gasteiger partial charge in [0.2, 0.25) is 0 Å². The molecule has 3 nitrogen and oxygen atoms in total. The van der Waals surface area contributed by atoms with Crippen LogP contribution in [-0.4, -0.2) is 43.9 Å². The summed E-state index contributed by atoms with van der Waals surface area (Å²) in [5.74, 6) is 0. The molecule has 0 aromatic rings. The number of morpholine rings is 1. The molecule has 1 fully saturated rings. The number of ether oxygens (including phenoxy) is 1. The molecule has 3 heteroatoms. The van der Waals surface area contributed by atoms with Gasteiger partial charge in [-0.25, -0.2) is 0 Å². The maximum absolute atomic E-state index is 5.36. The van der Waals surface area contributed by atoms with Gasteiger partial charge in [-0.05, 0) is 13.1 Å². The Kier molecular flexibility index (Phi) is 3.83. The highest BCUT2D eigenvalue weighted by atomic mass is 16.5. The van der Waals surface area contributed by atoms with E-state index in [9.17, 15) is 0 Å². The van der Waals surface area contributed by atoms with Crippen molar-refractivity contribution in [2.75, 3.05) is 32.8 Å². The van der Waals surface area contributed by atoms with E-state index in [1.54, 1.807) is 0 Å². The number of nitrogens with one attached hydrogen (secondary N) is 1. The maximum atomic E-state index is 5.36. The fraction of sp³-hybridized carbons (Fsp3) is 1.00. The van der Waals surface area contributed by atoms with Crippen LogP contribution in [0.15, 0.2) is 0 Å². The van der Waals surface area contributed by atoms with Crippen LogP contribution in [0.5, 0.6) is 0 Å². The summed E-state index contributed by atoms with van der Waals surface area (Å²) in [6, 6.07) is 0. The number of hydrogen-bond donors (Lipinski definition) is 1.